The molecule has 1 fully saturated rings. The molecule has 0 radical (unpaired) electrons. The number of para-hydroxylation sites is 2. The van der Waals surface area contributed by atoms with Crippen molar-refractivity contribution in [2.24, 2.45) is 0 Å². The minimum atomic E-state index is -0.443. The fourth-order valence-corrected chi connectivity index (χ4v) is 3.39. The Morgan fingerprint density at radius 2 is 1.62 bits per heavy atom. The summed E-state index contributed by atoms with van der Waals surface area (Å²) < 4.78 is 5.33. The first-order valence-electron chi connectivity index (χ1n) is 9.70. The third-order valence-corrected chi connectivity index (χ3v) is 5.15. The molecule has 3 rings (SSSR count). The van der Waals surface area contributed by atoms with Gasteiger partial charge in [0.05, 0.1) is 44.2 Å². The molecule has 0 atom stereocenters. The molecule has 1 heterocycles. The van der Waals surface area contributed by atoms with Crippen LogP contribution in [0.1, 0.15) is 6.42 Å². The van der Waals surface area contributed by atoms with Gasteiger partial charge in [-0.3, -0.25) is 20.4 Å². The summed E-state index contributed by atoms with van der Waals surface area (Å²) in [6, 6.07) is 17.3. The number of hydrazine groups is 1. The second-order valence-corrected chi connectivity index (χ2v) is 7.30. The summed E-state index contributed by atoms with van der Waals surface area (Å²) in [6.07, 6.45) is 0.353. The van der Waals surface area contributed by atoms with E-state index in [2.05, 4.69) is 27.9 Å². The van der Waals surface area contributed by atoms with Crippen molar-refractivity contribution in [2.75, 3.05) is 44.2 Å². The van der Waals surface area contributed by atoms with E-state index in [0.717, 1.165) is 32.7 Å². The molecule has 1 aliphatic heterocycles. The fraction of sp³-hybridized carbons (Fsp3) is 0.333. The molecule has 0 bridgehead atoms. The topological polar surface area (TPSA) is 75.1 Å². The van der Waals surface area contributed by atoms with Crippen LogP contribution in [0.15, 0.2) is 54.6 Å². The molecule has 29 heavy (non-hydrogen) atoms. The maximum atomic E-state index is 12.0. The Morgan fingerprint density at radius 1 is 0.966 bits per heavy atom. The Morgan fingerprint density at radius 3 is 2.34 bits per heavy atom. The van der Waals surface area contributed by atoms with Gasteiger partial charge in [-0.2, -0.15) is 0 Å². The summed E-state index contributed by atoms with van der Waals surface area (Å²) >= 11 is 5.96. The van der Waals surface area contributed by atoms with Crippen LogP contribution >= 0.6 is 11.6 Å². The molecule has 0 aliphatic carbocycles. The summed E-state index contributed by atoms with van der Waals surface area (Å²) in [5.74, 6) is -0.231. The van der Waals surface area contributed by atoms with Crippen molar-refractivity contribution in [3.05, 3.63) is 59.6 Å². The van der Waals surface area contributed by atoms with E-state index >= 15 is 0 Å². The zero-order valence-corrected chi connectivity index (χ0v) is 17.0. The predicted molar refractivity (Wildman–Crippen MR) is 112 cm³/mol. The Kier molecular flexibility index (Phi) is 7.72. The second-order valence-electron chi connectivity index (χ2n) is 6.89. The van der Waals surface area contributed by atoms with Crippen molar-refractivity contribution in [3.8, 4) is 5.75 Å². The number of quaternary nitrogens is 1. The van der Waals surface area contributed by atoms with Gasteiger partial charge in [0.25, 0.3) is 5.91 Å². The average molecular weight is 418 g/mol. The molecular weight excluding hydrogens is 392 g/mol. The van der Waals surface area contributed by atoms with Crippen LogP contribution in [0, 0.1) is 0 Å². The van der Waals surface area contributed by atoms with Crippen molar-refractivity contribution in [3.63, 3.8) is 0 Å². The van der Waals surface area contributed by atoms with E-state index in [1.807, 2.05) is 18.2 Å². The summed E-state index contributed by atoms with van der Waals surface area (Å²) in [6.45, 7) is 4.42. The number of anilines is 1. The van der Waals surface area contributed by atoms with Crippen molar-refractivity contribution < 1.29 is 19.2 Å². The highest BCUT2D eigenvalue weighted by atomic mass is 35.5. The lowest BCUT2D eigenvalue weighted by Crippen LogP contribution is -3.15. The SMILES string of the molecule is O=C(CC[NH+]1CCN(c2ccccc2)CC1)NNC(=O)COc1ccccc1Cl. The third-order valence-electron chi connectivity index (χ3n) is 4.83. The number of rotatable bonds is 7. The van der Waals surface area contributed by atoms with E-state index in [9.17, 15) is 9.59 Å². The number of benzene rings is 2. The minimum absolute atomic E-state index is 0.214. The third kappa shape index (κ3) is 6.66. The summed E-state index contributed by atoms with van der Waals surface area (Å²) in [7, 11) is 0. The van der Waals surface area contributed by atoms with Gasteiger partial charge in [-0.15, -0.1) is 0 Å². The number of hydrogen-bond donors (Lipinski definition) is 3. The molecule has 3 N–H and O–H groups in total. The number of ether oxygens (including phenoxy) is 1. The molecule has 2 aromatic carbocycles. The first kappa shape index (κ1) is 21.0. The molecule has 7 nitrogen and oxygen atoms in total. The molecule has 0 saturated carbocycles. The van der Waals surface area contributed by atoms with Gasteiger partial charge in [-0.25, -0.2) is 0 Å². The normalized spacial score (nSPS) is 14.3. The van der Waals surface area contributed by atoms with Crippen molar-refractivity contribution in [1.29, 1.82) is 0 Å². The van der Waals surface area contributed by atoms with Gasteiger partial charge in [0.2, 0.25) is 5.91 Å². The summed E-state index contributed by atoms with van der Waals surface area (Å²) in [5.41, 5.74) is 6.04. The number of amides is 2. The van der Waals surface area contributed by atoms with Crippen LogP contribution in [0.2, 0.25) is 5.02 Å². The van der Waals surface area contributed by atoms with Gasteiger partial charge < -0.3 is 14.5 Å². The van der Waals surface area contributed by atoms with Gasteiger partial charge in [-0.05, 0) is 24.3 Å². The molecule has 0 unspecified atom stereocenters. The molecule has 2 aromatic rings. The van der Waals surface area contributed by atoms with E-state index in [1.165, 1.54) is 10.6 Å². The highest BCUT2D eigenvalue weighted by molar-refractivity contribution is 6.32. The second kappa shape index (κ2) is 10.7. The molecule has 8 heteroatoms. The standard InChI is InChI=1S/C21H25ClN4O3/c22-18-8-4-5-9-19(18)29-16-21(28)24-23-20(27)10-11-25-12-14-26(15-13-25)17-6-2-1-3-7-17/h1-9H,10-16H2,(H,23,27)(H,24,28)/p+1. The lowest BCUT2D eigenvalue weighted by atomic mass is 10.2. The number of nitrogens with zero attached hydrogens (tertiary/aromatic N) is 1. The van der Waals surface area contributed by atoms with Crippen molar-refractivity contribution >= 4 is 29.1 Å². The van der Waals surface area contributed by atoms with Crippen LogP contribution in [0.25, 0.3) is 0 Å². The lowest BCUT2D eigenvalue weighted by molar-refractivity contribution is -0.900. The molecular formula is C21H26ClN4O3+. The number of hydrogen-bond acceptors (Lipinski definition) is 4. The minimum Gasteiger partial charge on any atom is -0.482 e. The van der Waals surface area contributed by atoms with Gasteiger partial charge in [-0.1, -0.05) is 41.9 Å². The largest absolute Gasteiger partial charge is 0.482 e. The highest BCUT2D eigenvalue weighted by Gasteiger charge is 2.20. The molecule has 2 amide bonds. The van der Waals surface area contributed by atoms with E-state index in [1.54, 1.807) is 24.3 Å². The maximum absolute atomic E-state index is 12.0. The van der Waals surface area contributed by atoms with Crippen molar-refractivity contribution in [2.45, 2.75) is 6.42 Å². The quantitative estimate of drug-likeness (QED) is 0.579. The van der Waals surface area contributed by atoms with E-state index < -0.39 is 5.91 Å². The zero-order valence-electron chi connectivity index (χ0n) is 16.2. The van der Waals surface area contributed by atoms with Crippen LogP contribution < -0.4 is 25.4 Å². The number of halogens is 1. The molecule has 0 spiro atoms. The number of carbonyl (C=O) groups is 2. The molecule has 1 aliphatic rings. The van der Waals surface area contributed by atoms with Crippen LogP contribution in [0.5, 0.6) is 5.75 Å². The Hall–Kier alpha value is -2.77. The van der Waals surface area contributed by atoms with Crippen LogP contribution in [-0.2, 0) is 9.59 Å². The first-order chi connectivity index (χ1) is 14.1. The lowest BCUT2D eigenvalue weighted by Gasteiger charge is -2.33. The smallest absolute Gasteiger partial charge is 0.276 e. The Labute approximate surface area is 175 Å². The van der Waals surface area contributed by atoms with Crippen LogP contribution in [0.4, 0.5) is 5.69 Å². The predicted octanol–water partition coefficient (Wildman–Crippen LogP) is 0.661. The number of nitrogens with one attached hydrogen (secondary N) is 3. The van der Waals surface area contributed by atoms with Gasteiger partial charge in [0.15, 0.2) is 6.61 Å². The van der Waals surface area contributed by atoms with E-state index in [0.29, 0.717) is 17.2 Å². The Balaban J connectivity index is 1.29. The summed E-state index contributed by atoms with van der Waals surface area (Å²) in [5, 5.41) is 0.430. The molecule has 0 aromatic heterocycles. The number of carbonyl (C=O) groups excluding carboxylic acids is 2. The number of piperazine rings is 1. The molecule has 1 saturated heterocycles. The zero-order chi connectivity index (χ0) is 20.5. The summed E-state index contributed by atoms with van der Waals surface area (Å²) in [4.78, 5) is 27.6. The van der Waals surface area contributed by atoms with E-state index in [-0.39, 0.29) is 12.5 Å². The fourth-order valence-electron chi connectivity index (χ4n) is 3.20. The van der Waals surface area contributed by atoms with Crippen LogP contribution in [0.3, 0.4) is 0 Å². The van der Waals surface area contributed by atoms with Crippen molar-refractivity contribution in [1.82, 2.24) is 10.9 Å². The maximum Gasteiger partial charge on any atom is 0.276 e. The highest BCUT2D eigenvalue weighted by Crippen LogP contribution is 2.22. The average Bonchev–Trinajstić information content (AvgIpc) is 2.76. The molecule has 154 valence electrons. The van der Waals surface area contributed by atoms with E-state index in [4.69, 9.17) is 16.3 Å². The first-order valence-corrected chi connectivity index (χ1v) is 10.1. The Bertz CT molecular complexity index is 811. The monoisotopic (exact) mass is 417 g/mol. The van der Waals surface area contributed by atoms with Gasteiger partial charge >= 0.3 is 0 Å². The van der Waals surface area contributed by atoms with Crippen LogP contribution in [-0.4, -0.2) is 51.1 Å². The van der Waals surface area contributed by atoms with Gasteiger partial charge in [0.1, 0.15) is 5.75 Å². The van der Waals surface area contributed by atoms with Gasteiger partial charge in [0, 0.05) is 5.69 Å².